The van der Waals surface area contributed by atoms with Gasteiger partial charge in [-0.3, -0.25) is 0 Å². The maximum atomic E-state index is 5.29. The van der Waals surface area contributed by atoms with Crippen molar-refractivity contribution >= 4 is 12.4 Å². The van der Waals surface area contributed by atoms with Crippen LogP contribution in [0.2, 0.25) is 0 Å². The lowest BCUT2D eigenvalue weighted by Crippen LogP contribution is -2.35. The molecule has 0 fully saturated rings. The zero-order chi connectivity index (χ0) is 11.6. The number of fused-ring (bicyclic) bond motifs is 1. The van der Waals surface area contributed by atoms with Gasteiger partial charge in [-0.05, 0) is 55.0 Å². The third-order valence-corrected chi connectivity index (χ3v) is 3.63. The van der Waals surface area contributed by atoms with Crippen molar-refractivity contribution in [2.45, 2.75) is 26.2 Å². The summed E-state index contributed by atoms with van der Waals surface area (Å²) in [6.45, 7) is 3.45. The quantitative estimate of drug-likeness (QED) is 0.897. The van der Waals surface area contributed by atoms with Crippen molar-refractivity contribution in [1.29, 1.82) is 0 Å². The van der Waals surface area contributed by atoms with E-state index < -0.39 is 0 Å². The average molecular weight is 256 g/mol. The van der Waals surface area contributed by atoms with Gasteiger partial charge in [0.1, 0.15) is 5.75 Å². The molecule has 0 radical (unpaired) electrons. The highest BCUT2D eigenvalue weighted by molar-refractivity contribution is 5.85. The van der Waals surface area contributed by atoms with Gasteiger partial charge in [0.2, 0.25) is 0 Å². The summed E-state index contributed by atoms with van der Waals surface area (Å²) in [5.74, 6) is 0.979. The van der Waals surface area contributed by atoms with Gasteiger partial charge in [0.05, 0.1) is 7.11 Å². The summed E-state index contributed by atoms with van der Waals surface area (Å²) in [5, 5.41) is 3.31. The number of halogens is 1. The minimum atomic E-state index is 0. The monoisotopic (exact) mass is 255 g/mol. The minimum absolute atomic E-state index is 0. The van der Waals surface area contributed by atoms with Crippen LogP contribution < -0.4 is 10.1 Å². The molecule has 2 nitrogen and oxygen atoms in total. The molecule has 1 N–H and O–H groups in total. The molecular formula is C14H22ClNO. The van der Waals surface area contributed by atoms with Crippen LogP contribution in [0.25, 0.3) is 0 Å². The van der Waals surface area contributed by atoms with Gasteiger partial charge in [0.25, 0.3) is 0 Å². The highest BCUT2D eigenvalue weighted by Crippen LogP contribution is 2.36. The molecule has 3 heteroatoms. The first-order valence-electron chi connectivity index (χ1n) is 5.97. The van der Waals surface area contributed by atoms with Crippen LogP contribution in [0, 0.1) is 5.41 Å². The van der Waals surface area contributed by atoms with Crippen LogP contribution in [0.1, 0.15) is 24.5 Å². The maximum absolute atomic E-state index is 5.29. The standard InChI is InChI=1S/C14H21NO.ClH/c1-14(10-15-2)7-6-11-4-5-13(16-3)8-12(11)9-14;/h4-5,8,15H,6-7,9-10H2,1-3H3;1H. The Kier molecular flexibility index (Phi) is 4.84. The van der Waals surface area contributed by atoms with E-state index in [1.54, 1.807) is 7.11 Å². The molecule has 0 amide bonds. The van der Waals surface area contributed by atoms with Crippen LogP contribution in [-0.2, 0) is 12.8 Å². The molecule has 2 rings (SSSR count). The fourth-order valence-electron chi connectivity index (χ4n) is 2.70. The van der Waals surface area contributed by atoms with Gasteiger partial charge in [-0.25, -0.2) is 0 Å². The summed E-state index contributed by atoms with van der Waals surface area (Å²) < 4.78 is 5.29. The van der Waals surface area contributed by atoms with Crippen molar-refractivity contribution in [3.05, 3.63) is 29.3 Å². The molecule has 1 aliphatic rings. The van der Waals surface area contributed by atoms with Crippen LogP contribution in [0.5, 0.6) is 5.75 Å². The predicted molar refractivity (Wildman–Crippen MR) is 74.3 cm³/mol. The van der Waals surface area contributed by atoms with E-state index in [2.05, 4.69) is 30.4 Å². The summed E-state index contributed by atoms with van der Waals surface area (Å²) in [4.78, 5) is 0. The normalized spacial score (nSPS) is 22.5. The van der Waals surface area contributed by atoms with Crippen molar-refractivity contribution < 1.29 is 4.74 Å². The van der Waals surface area contributed by atoms with E-state index in [1.807, 2.05) is 7.05 Å². The fraction of sp³-hybridized carbons (Fsp3) is 0.571. The Morgan fingerprint density at radius 3 is 2.76 bits per heavy atom. The third kappa shape index (κ3) is 3.14. The number of benzene rings is 1. The number of methoxy groups -OCH3 is 1. The highest BCUT2D eigenvalue weighted by Gasteiger charge is 2.29. The van der Waals surface area contributed by atoms with E-state index in [-0.39, 0.29) is 12.4 Å². The molecule has 96 valence electrons. The largest absolute Gasteiger partial charge is 0.497 e. The first-order valence-corrected chi connectivity index (χ1v) is 5.97. The van der Waals surface area contributed by atoms with Crippen LogP contribution in [0.15, 0.2) is 18.2 Å². The molecule has 1 aromatic rings. The van der Waals surface area contributed by atoms with E-state index in [0.717, 1.165) is 18.7 Å². The van der Waals surface area contributed by atoms with Crippen molar-refractivity contribution in [3.8, 4) is 5.75 Å². The highest BCUT2D eigenvalue weighted by atomic mass is 35.5. The van der Waals surface area contributed by atoms with Gasteiger partial charge < -0.3 is 10.1 Å². The number of hydrogen-bond donors (Lipinski definition) is 1. The molecule has 0 aromatic heterocycles. The van der Waals surface area contributed by atoms with E-state index in [0.29, 0.717) is 5.41 Å². The number of aryl methyl sites for hydroxylation is 1. The molecule has 1 aliphatic carbocycles. The Bertz CT molecular complexity index is 380. The average Bonchev–Trinajstić information content (AvgIpc) is 2.28. The van der Waals surface area contributed by atoms with Gasteiger partial charge in [0.15, 0.2) is 0 Å². The van der Waals surface area contributed by atoms with Crippen molar-refractivity contribution in [2.75, 3.05) is 20.7 Å². The van der Waals surface area contributed by atoms with Crippen molar-refractivity contribution in [3.63, 3.8) is 0 Å². The fourth-order valence-corrected chi connectivity index (χ4v) is 2.70. The number of hydrogen-bond acceptors (Lipinski definition) is 2. The number of rotatable bonds is 3. The van der Waals surface area contributed by atoms with E-state index in [4.69, 9.17) is 4.74 Å². The van der Waals surface area contributed by atoms with Gasteiger partial charge in [-0.1, -0.05) is 13.0 Å². The Labute approximate surface area is 110 Å². The molecular weight excluding hydrogens is 234 g/mol. The minimum Gasteiger partial charge on any atom is -0.497 e. The first-order chi connectivity index (χ1) is 7.67. The lowest BCUT2D eigenvalue weighted by atomic mass is 9.73. The third-order valence-electron chi connectivity index (χ3n) is 3.63. The first kappa shape index (κ1) is 14.3. The van der Waals surface area contributed by atoms with E-state index in [9.17, 15) is 0 Å². The van der Waals surface area contributed by atoms with Crippen molar-refractivity contribution in [1.82, 2.24) is 5.32 Å². The summed E-state index contributed by atoms with van der Waals surface area (Å²) in [6.07, 6.45) is 3.62. The second-order valence-electron chi connectivity index (χ2n) is 5.15. The molecule has 0 heterocycles. The smallest absolute Gasteiger partial charge is 0.119 e. The maximum Gasteiger partial charge on any atom is 0.119 e. The topological polar surface area (TPSA) is 21.3 Å². The Hall–Kier alpha value is -0.730. The second kappa shape index (κ2) is 5.74. The molecule has 17 heavy (non-hydrogen) atoms. The van der Waals surface area contributed by atoms with Gasteiger partial charge in [-0.15, -0.1) is 12.4 Å². The van der Waals surface area contributed by atoms with Gasteiger partial charge in [0, 0.05) is 6.54 Å². The Balaban J connectivity index is 0.00000144. The molecule has 1 unspecified atom stereocenters. The molecule has 0 saturated carbocycles. The Morgan fingerprint density at radius 1 is 1.35 bits per heavy atom. The predicted octanol–water partition coefficient (Wildman–Crippen LogP) is 2.83. The van der Waals surface area contributed by atoms with Gasteiger partial charge in [-0.2, -0.15) is 0 Å². The van der Waals surface area contributed by atoms with E-state index in [1.165, 1.54) is 24.0 Å². The molecule has 1 atom stereocenters. The molecule has 0 bridgehead atoms. The van der Waals surface area contributed by atoms with E-state index >= 15 is 0 Å². The molecule has 1 aromatic carbocycles. The zero-order valence-electron chi connectivity index (χ0n) is 10.9. The van der Waals surface area contributed by atoms with Crippen LogP contribution in [0.3, 0.4) is 0 Å². The summed E-state index contributed by atoms with van der Waals surface area (Å²) >= 11 is 0. The molecule has 0 saturated heterocycles. The van der Waals surface area contributed by atoms with Crippen LogP contribution >= 0.6 is 12.4 Å². The number of ether oxygens (including phenoxy) is 1. The lowest BCUT2D eigenvalue weighted by Gasteiger charge is -2.35. The summed E-state index contributed by atoms with van der Waals surface area (Å²) in [6, 6.07) is 6.48. The summed E-state index contributed by atoms with van der Waals surface area (Å²) in [5.41, 5.74) is 3.35. The zero-order valence-corrected chi connectivity index (χ0v) is 11.7. The summed E-state index contributed by atoms with van der Waals surface area (Å²) in [7, 11) is 3.77. The lowest BCUT2D eigenvalue weighted by molar-refractivity contribution is 0.271. The second-order valence-corrected chi connectivity index (χ2v) is 5.15. The van der Waals surface area contributed by atoms with Gasteiger partial charge >= 0.3 is 0 Å². The van der Waals surface area contributed by atoms with Crippen LogP contribution in [0.4, 0.5) is 0 Å². The van der Waals surface area contributed by atoms with Crippen molar-refractivity contribution in [2.24, 2.45) is 5.41 Å². The number of nitrogens with one attached hydrogen (secondary N) is 1. The van der Waals surface area contributed by atoms with Crippen LogP contribution in [-0.4, -0.2) is 20.7 Å². The SMILES string of the molecule is CNCC1(C)CCc2ccc(OC)cc2C1.Cl. The molecule has 0 aliphatic heterocycles. The molecule has 0 spiro atoms. The Morgan fingerprint density at radius 2 is 2.12 bits per heavy atom.